The maximum atomic E-state index is 12.5. The Bertz CT molecular complexity index is 1820. The van der Waals surface area contributed by atoms with Crippen LogP contribution in [0.25, 0.3) is 33.7 Å². The maximum Gasteiger partial charge on any atom is 0.248 e. The average Bonchev–Trinajstić information content (AvgIpc) is 3.04. The van der Waals surface area contributed by atoms with Gasteiger partial charge in [0, 0.05) is 23.5 Å². The Hall–Kier alpha value is -5.94. The lowest BCUT2D eigenvalue weighted by Gasteiger charge is -2.09. The number of fused-ring (bicyclic) bond motifs is 2. The number of hydrogen-bond acceptors (Lipinski definition) is 3. The van der Waals surface area contributed by atoms with Crippen LogP contribution < -0.4 is 15.4 Å². The highest BCUT2D eigenvalue weighted by molar-refractivity contribution is 6.04. The van der Waals surface area contributed by atoms with Crippen molar-refractivity contribution >= 4 is 56.9 Å². The van der Waals surface area contributed by atoms with E-state index >= 15 is 0 Å². The summed E-state index contributed by atoms with van der Waals surface area (Å²) in [5.74, 6) is 0.815. The van der Waals surface area contributed by atoms with Gasteiger partial charge in [0.2, 0.25) is 11.8 Å². The molecule has 0 saturated heterocycles. The molecule has 0 unspecified atom stereocenters. The molecule has 6 rings (SSSR count). The number of hydrogen-bond donors (Lipinski definition) is 2. The van der Waals surface area contributed by atoms with Gasteiger partial charge in [0.25, 0.3) is 0 Å². The first-order valence-electron chi connectivity index (χ1n) is 13.9. The molecule has 0 saturated carbocycles. The second kappa shape index (κ2) is 12.7. The predicted molar refractivity (Wildman–Crippen MR) is 176 cm³/mol. The minimum absolute atomic E-state index is 0.216. The van der Waals surface area contributed by atoms with Crippen LogP contribution >= 0.6 is 0 Å². The van der Waals surface area contributed by atoms with Crippen LogP contribution in [-0.4, -0.2) is 11.8 Å². The van der Waals surface area contributed by atoms with Crippen molar-refractivity contribution in [2.75, 3.05) is 10.6 Å². The Morgan fingerprint density at radius 2 is 0.860 bits per heavy atom. The first-order chi connectivity index (χ1) is 21.1. The van der Waals surface area contributed by atoms with Crippen LogP contribution in [0.2, 0.25) is 0 Å². The van der Waals surface area contributed by atoms with E-state index in [1.807, 2.05) is 72.8 Å². The fourth-order valence-electron chi connectivity index (χ4n) is 4.84. The SMILES string of the molecule is O=C(C=Cc1cccc2ccccc12)Nc1ccc(Oc2ccc(NC(=O)C=Cc3cccc4ccccc34)cc2)cc1. The van der Waals surface area contributed by atoms with Crippen molar-refractivity contribution in [3.8, 4) is 11.5 Å². The zero-order valence-corrected chi connectivity index (χ0v) is 23.2. The Morgan fingerprint density at radius 1 is 0.465 bits per heavy atom. The quantitative estimate of drug-likeness (QED) is 0.183. The Morgan fingerprint density at radius 3 is 1.30 bits per heavy atom. The van der Waals surface area contributed by atoms with E-state index in [2.05, 4.69) is 34.9 Å². The van der Waals surface area contributed by atoms with Crippen LogP contribution in [0.1, 0.15) is 11.1 Å². The first kappa shape index (κ1) is 27.2. The highest BCUT2D eigenvalue weighted by atomic mass is 16.5. The number of carbonyl (C=O) groups is 2. The van der Waals surface area contributed by atoms with Crippen molar-refractivity contribution in [1.82, 2.24) is 0 Å². The number of amides is 2. The zero-order valence-electron chi connectivity index (χ0n) is 23.2. The molecule has 2 N–H and O–H groups in total. The van der Waals surface area contributed by atoms with Crippen molar-refractivity contribution in [2.45, 2.75) is 0 Å². The summed E-state index contributed by atoms with van der Waals surface area (Å²) in [5.41, 5.74) is 3.30. The van der Waals surface area contributed by atoms with Crippen LogP contribution in [-0.2, 0) is 9.59 Å². The Kier molecular flexibility index (Phi) is 8.05. The van der Waals surface area contributed by atoms with E-state index in [9.17, 15) is 9.59 Å². The van der Waals surface area contributed by atoms with E-state index < -0.39 is 0 Å². The number of benzene rings is 6. The van der Waals surface area contributed by atoms with E-state index in [4.69, 9.17) is 4.74 Å². The van der Waals surface area contributed by atoms with Gasteiger partial charge in [-0.15, -0.1) is 0 Å². The number of carbonyl (C=O) groups excluding carboxylic acids is 2. The zero-order chi connectivity index (χ0) is 29.4. The number of ether oxygens (including phenoxy) is 1. The third-order valence-electron chi connectivity index (χ3n) is 6.95. The summed E-state index contributed by atoms with van der Waals surface area (Å²) in [5, 5.41) is 10.2. The summed E-state index contributed by atoms with van der Waals surface area (Å²) in [7, 11) is 0. The van der Waals surface area contributed by atoms with E-state index in [1.165, 1.54) is 12.2 Å². The molecule has 0 aromatic heterocycles. The molecule has 0 atom stereocenters. The molecule has 0 aliphatic heterocycles. The Balaban J connectivity index is 1.01. The molecule has 5 nitrogen and oxygen atoms in total. The monoisotopic (exact) mass is 560 g/mol. The molecular formula is C38H28N2O3. The summed E-state index contributed by atoms with van der Waals surface area (Å²) in [6.07, 6.45) is 6.71. The molecule has 208 valence electrons. The third kappa shape index (κ3) is 6.87. The highest BCUT2D eigenvalue weighted by Gasteiger charge is 2.04. The van der Waals surface area contributed by atoms with E-state index in [1.54, 1.807) is 48.5 Å². The van der Waals surface area contributed by atoms with Gasteiger partial charge in [-0.05, 0) is 93.4 Å². The van der Waals surface area contributed by atoms with Gasteiger partial charge < -0.3 is 15.4 Å². The molecule has 0 radical (unpaired) electrons. The van der Waals surface area contributed by atoms with Crippen LogP contribution in [0.3, 0.4) is 0 Å². The topological polar surface area (TPSA) is 67.4 Å². The lowest BCUT2D eigenvalue weighted by molar-refractivity contribution is -0.112. The lowest BCUT2D eigenvalue weighted by Crippen LogP contribution is -2.07. The molecule has 5 heteroatoms. The molecule has 2 amide bonds. The normalized spacial score (nSPS) is 11.3. The molecule has 0 aliphatic rings. The molecule has 43 heavy (non-hydrogen) atoms. The predicted octanol–water partition coefficient (Wildman–Crippen LogP) is 9.09. The number of anilines is 2. The molecule has 0 aliphatic carbocycles. The molecule has 6 aromatic carbocycles. The smallest absolute Gasteiger partial charge is 0.248 e. The van der Waals surface area contributed by atoms with E-state index in [0.717, 1.165) is 32.7 Å². The van der Waals surface area contributed by atoms with Crippen molar-refractivity contribution in [3.05, 3.63) is 157 Å². The first-order valence-corrected chi connectivity index (χ1v) is 13.9. The van der Waals surface area contributed by atoms with Crippen molar-refractivity contribution in [3.63, 3.8) is 0 Å². The van der Waals surface area contributed by atoms with Gasteiger partial charge >= 0.3 is 0 Å². The van der Waals surface area contributed by atoms with Crippen LogP contribution in [0.15, 0.2) is 146 Å². The van der Waals surface area contributed by atoms with Gasteiger partial charge in [-0.2, -0.15) is 0 Å². The van der Waals surface area contributed by atoms with Crippen molar-refractivity contribution < 1.29 is 14.3 Å². The fourth-order valence-corrected chi connectivity index (χ4v) is 4.84. The number of nitrogens with one attached hydrogen (secondary N) is 2. The fraction of sp³-hybridized carbons (Fsp3) is 0. The molecule has 6 aromatic rings. The summed E-state index contributed by atoms with van der Waals surface area (Å²) >= 11 is 0. The third-order valence-corrected chi connectivity index (χ3v) is 6.95. The molecule has 0 heterocycles. The van der Waals surface area contributed by atoms with Crippen molar-refractivity contribution in [1.29, 1.82) is 0 Å². The van der Waals surface area contributed by atoms with Crippen LogP contribution in [0, 0.1) is 0 Å². The van der Waals surface area contributed by atoms with Gasteiger partial charge in [-0.3, -0.25) is 9.59 Å². The van der Waals surface area contributed by atoms with Gasteiger partial charge in [0.1, 0.15) is 11.5 Å². The average molecular weight is 561 g/mol. The van der Waals surface area contributed by atoms with Gasteiger partial charge in [0.15, 0.2) is 0 Å². The maximum absolute atomic E-state index is 12.5. The minimum atomic E-state index is -0.216. The van der Waals surface area contributed by atoms with Gasteiger partial charge in [-0.1, -0.05) is 84.9 Å². The molecule has 0 spiro atoms. The number of rotatable bonds is 8. The van der Waals surface area contributed by atoms with Gasteiger partial charge in [0.05, 0.1) is 0 Å². The molecule has 0 fully saturated rings. The second-order valence-electron chi connectivity index (χ2n) is 9.93. The summed E-state index contributed by atoms with van der Waals surface area (Å²) in [6.45, 7) is 0. The molecule has 0 bridgehead atoms. The largest absolute Gasteiger partial charge is 0.457 e. The summed E-state index contributed by atoms with van der Waals surface area (Å²) in [4.78, 5) is 25.0. The van der Waals surface area contributed by atoms with E-state index in [-0.39, 0.29) is 11.8 Å². The Labute approximate surface area is 249 Å². The standard InChI is InChI=1S/C38H28N2O3/c41-37(25-15-29-11-5-9-27-7-1-3-13-35(27)29)39-31-17-21-33(22-18-31)43-34-23-19-32(20-24-34)40-38(42)26-16-30-12-6-10-28-8-2-4-14-36(28)30/h1-26H,(H,39,41)(H,40,42). The summed E-state index contributed by atoms with van der Waals surface area (Å²) in [6, 6.07) is 42.5. The second-order valence-corrected chi connectivity index (χ2v) is 9.93. The van der Waals surface area contributed by atoms with E-state index in [0.29, 0.717) is 22.9 Å². The van der Waals surface area contributed by atoms with Crippen LogP contribution in [0.5, 0.6) is 11.5 Å². The minimum Gasteiger partial charge on any atom is -0.457 e. The highest BCUT2D eigenvalue weighted by Crippen LogP contribution is 2.25. The van der Waals surface area contributed by atoms with Crippen LogP contribution in [0.4, 0.5) is 11.4 Å². The lowest BCUT2D eigenvalue weighted by atomic mass is 10.0. The van der Waals surface area contributed by atoms with Crippen molar-refractivity contribution in [2.24, 2.45) is 0 Å². The molecular weight excluding hydrogens is 532 g/mol. The van der Waals surface area contributed by atoms with Gasteiger partial charge in [-0.25, -0.2) is 0 Å². The summed E-state index contributed by atoms with van der Waals surface area (Å²) < 4.78 is 5.94.